The highest BCUT2D eigenvalue weighted by Crippen LogP contribution is 2.27. The second-order valence-electron chi connectivity index (χ2n) is 6.18. The first kappa shape index (κ1) is 19.8. The SMILES string of the molecule is COc1ccc(NC(C)C(=O)N(C)Cc2ccccc2)c(S(C)(=O)=O)c1. The summed E-state index contributed by atoms with van der Waals surface area (Å²) in [6.45, 7) is 2.19. The van der Waals surface area contributed by atoms with Crippen molar-refractivity contribution in [1.29, 1.82) is 0 Å². The molecule has 0 heterocycles. The van der Waals surface area contributed by atoms with Gasteiger partial charge in [0.25, 0.3) is 0 Å². The van der Waals surface area contributed by atoms with E-state index in [9.17, 15) is 13.2 Å². The molecule has 0 saturated heterocycles. The first-order valence-corrected chi connectivity index (χ1v) is 10.0. The van der Waals surface area contributed by atoms with Gasteiger partial charge in [-0.25, -0.2) is 8.42 Å². The minimum atomic E-state index is -3.47. The van der Waals surface area contributed by atoms with Crippen molar-refractivity contribution in [2.75, 3.05) is 25.7 Å². The zero-order valence-corrected chi connectivity index (χ0v) is 16.2. The molecule has 2 rings (SSSR count). The standard InChI is InChI=1S/C19H24N2O4S/c1-14(19(22)21(2)13-15-8-6-5-7-9-15)20-17-11-10-16(25-3)12-18(17)26(4,23)24/h5-12,14,20H,13H2,1-4H3. The largest absolute Gasteiger partial charge is 0.497 e. The summed E-state index contributed by atoms with van der Waals surface area (Å²) < 4.78 is 29.2. The Bertz CT molecular complexity index is 866. The second kappa shape index (κ2) is 8.23. The van der Waals surface area contributed by atoms with Gasteiger partial charge in [0.1, 0.15) is 11.8 Å². The zero-order chi connectivity index (χ0) is 19.3. The Morgan fingerprint density at radius 3 is 2.42 bits per heavy atom. The van der Waals surface area contributed by atoms with Crippen molar-refractivity contribution < 1.29 is 17.9 Å². The fourth-order valence-corrected chi connectivity index (χ4v) is 3.47. The van der Waals surface area contributed by atoms with Gasteiger partial charge in [-0.15, -0.1) is 0 Å². The van der Waals surface area contributed by atoms with Gasteiger partial charge in [0.2, 0.25) is 5.91 Å². The molecular formula is C19H24N2O4S. The molecule has 140 valence electrons. The third-order valence-corrected chi connectivity index (χ3v) is 5.11. The predicted molar refractivity (Wildman–Crippen MR) is 102 cm³/mol. The van der Waals surface area contributed by atoms with Gasteiger partial charge < -0.3 is 15.0 Å². The van der Waals surface area contributed by atoms with E-state index in [1.165, 1.54) is 13.2 Å². The lowest BCUT2D eigenvalue weighted by atomic mass is 10.2. The Kier molecular flexibility index (Phi) is 6.26. The van der Waals surface area contributed by atoms with Crippen LogP contribution in [-0.4, -0.2) is 45.7 Å². The molecule has 0 bridgehead atoms. The van der Waals surface area contributed by atoms with E-state index in [4.69, 9.17) is 4.74 Å². The maximum absolute atomic E-state index is 12.6. The summed E-state index contributed by atoms with van der Waals surface area (Å²) in [5.41, 5.74) is 1.40. The average Bonchev–Trinajstić information content (AvgIpc) is 2.61. The highest BCUT2D eigenvalue weighted by Gasteiger charge is 2.21. The lowest BCUT2D eigenvalue weighted by Gasteiger charge is -2.24. The lowest BCUT2D eigenvalue weighted by molar-refractivity contribution is -0.130. The molecule has 6 nitrogen and oxygen atoms in total. The van der Waals surface area contributed by atoms with E-state index in [1.54, 1.807) is 31.0 Å². The number of amides is 1. The number of carbonyl (C=O) groups is 1. The second-order valence-corrected chi connectivity index (χ2v) is 8.16. The number of nitrogens with zero attached hydrogens (tertiary/aromatic N) is 1. The molecule has 0 aliphatic carbocycles. The molecule has 1 unspecified atom stereocenters. The number of ether oxygens (including phenoxy) is 1. The molecule has 0 spiro atoms. The molecule has 1 atom stereocenters. The third-order valence-electron chi connectivity index (χ3n) is 3.97. The normalized spacial score (nSPS) is 12.3. The van der Waals surface area contributed by atoms with Crippen LogP contribution in [0.2, 0.25) is 0 Å². The molecule has 0 aliphatic rings. The summed E-state index contributed by atoms with van der Waals surface area (Å²) in [5.74, 6) is 0.306. The van der Waals surface area contributed by atoms with Crippen molar-refractivity contribution in [1.82, 2.24) is 4.90 Å². The number of anilines is 1. The van der Waals surface area contributed by atoms with E-state index in [2.05, 4.69) is 5.32 Å². The van der Waals surface area contributed by atoms with Crippen LogP contribution >= 0.6 is 0 Å². The summed E-state index contributed by atoms with van der Waals surface area (Å²) in [7, 11) is -0.281. The maximum Gasteiger partial charge on any atom is 0.244 e. The smallest absolute Gasteiger partial charge is 0.244 e. The lowest BCUT2D eigenvalue weighted by Crippen LogP contribution is -2.38. The van der Waals surface area contributed by atoms with Gasteiger partial charge in [-0.1, -0.05) is 30.3 Å². The number of nitrogens with one attached hydrogen (secondary N) is 1. The van der Waals surface area contributed by atoms with Crippen molar-refractivity contribution in [2.45, 2.75) is 24.4 Å². The molecule has 0 radical (unpaired) electrons. The third kappa shape index (κ3) is 4.98. The van der Waals surface area contributed by atoms with Gasteiger partial charge in [0.05, 0.1) is 17.7 Å². The number of carbonyl (C=O) groups excluding carboxylic acids is 1. The van der Waals surface area contributed by atoms with Crippen molar-refractivity contribution in [3.8, 4) is 5.75 Å². The number of rotatable bonds is 7. The van der Waals surface area contributed by atoms with Crippen LogP contribution < -0.4 is 10.1 Å². The summed E-state index contributed by atoms with van der Waals surface area (Å²) in [4.78, 5) is 14.3. The number of methoxy groups -OCH3 is 1. The molecule has 0 aliphatic heterocycles. The van der Waals surface area contributed by atoms with Gasteiger partial charge in [0.15, 0.2) is 9.84 Å². The zero-order valence-electron chi connectivity index (χ0n) is 15.4. The van der Waals surface area contributed by atoms with Crippen LogP contribution in [0, 0.1) is 0 Å². The minimum Gasteiger partial charge on any atom is -0.497 e. The number of sulfone groups is 1. The van der Waals surface area contributed by atoms with Crippen molar-refractivity contribution in [3.63, 3.8) is 0 Å². The summed E-state index contributed by atoms with van der Waals surface area (Å²) >= 11 is 0. The molecule has 0 fully saturated rings. The highest BCUT2D eigenvalue weighted by molar-refractivity contribution is 7.90. The molecule has 26 heavy (non-hydrogen) atoms. The van der Waals surface area contributed by atoms with Crippen LogP contribution in [0.3, 0.4) is 0 Å². The van der Waals surface area contributed by atoms with Gasteiger partial charge in [-0.3, -0.25) is 4.79 Å². The number of benzene rings is 2. The van der Waals surface area contributed by atoms with E-state index in [0.717, 1.165) is 11.8 Å². The Balaban J connectivity index is 2.16. The summed E-state index contributed by atoms with van der Waals surface area (Å²) in [6.07, 6.45) is 1.13. The predicted octanol–water partition coefficient (Wildman–Crippen LogP) is 2.56. The van der Waals surface area contributed by atoms with Gasteiger partial charge >= 0.3 is 0 Å². The number of hydrogen-bond acceptors (Lipinski definition) is 5. The monoisotopic (exact) mass is 376 g/mol. The molecular weight excluding hydrogens is 352 g/mol. The van der Waals surface area contributed by atoms with Crippen LogP contribution in [0.15, 0.2) is 53.4 Å². The van der Waals surface area contributed by atoms with Crippen LogP contribution in [0.25, 0.3) is 0 Å². The summed E-state index contributed by atoms with van der Waals surface area (Å²) in [6, 6.07) is 13.8. The molecule has 1 amide bonds. The van der Waals surface area contributed by atoms with Crippen LogP contribution in [0.4, 0.5) is 5.69 Å². The van der Waals surface area contributed by atoms with E-state index < -0.39 is 15.9 Å². The Hall–Kier alpha value is -2.54. The molecule has 2 aromatic rings. The Labute approximate surface area is 154 Å². The van der Waals surface area contributed by atoms with Gasteiger partial charge in [0, 0.05) is 25.9 Å². The van der Waals surface area contributed by atoms with E-state index in [-0.39, 0.29) is 10.8 Å². The number of hydrogen-bond donors (Lipinski definition) is 1. The maximum atomic E-state index is 12.6. The van der Waals surface area contributed by atoms with E-state index >= 15 is 0 Å². The van der Waals surface area contributed by atoms with Crippen LogP contribution in [0.1, 0.15) is 12.5 Å². The molecule has 7 heteroatoms. The first-order valence-electron chi connectivity index (χ1n) is 8.16. The van der Waals surface area contributed by atoms with E-state index in [0.29, 0.717) is 18.0 Å². The molecule has 2 aromatic carbocycles. The molecule has 1 N–H and O–H groups in total. The first-order chi connectivity index (χ1) is 12.2. The number of likely N-dealkylation sites (N-methyl/N-ethyl adjacent to an activating group) is 1. The topological polar surface area (TPSA) is 75.7 Å². The van der Waals surface area contributed by atoms with Gasteiger partial charge in [-0.2, -0.15) is 0 Å². The van der Waals surface area contributed by atoms with Crippen molar-refractivity contribution in [3.05, 3.63) is 54.1 Å². The molecule has 0 saturated carbocycles. The highest BCUT2D eigenvalue weighted by atomic mass is 32.2. The average molecular weight is 376 g/mol. The molecule has 0 aromatic heterocycles. The minimum absolute atomic E-state index is 0.0993. The van der Waals surface area contributed by atoms with Gasteiger partial charge in [-0.05, 0) is 24.6 Å². The fourth-order valence-electron chi connectivity index (χ4n) is 2.62. The van der Waals surface area contributed by atoms with Crippen LogP contribution in [-0.2, 0) is 21.2 Å². The van der Waals surface area contributed by atoms with E-state index in [1.807, 2.05) is 30.3 Å². The Morgan fingerprint density at radius 2 is 1.85 bits per heavy atom. The quantitative estimate of drug-likeness (QED) is 0.804. The Morgan fingerprint density at radius 1 is 1.19 bits per heavy atom. The van der Waals surface area contributed by atoms with Crippen molar-refractivity contribution in [2.24, 2.45) is 0 Å². The summed E-state index contributed by atoms with van der Waals surface area (Å²) in [5, 5.41) is 3.01. The van der Waals surface area contributed by atoms with Crippen molar-refractivity contribution >= 4 is 21.4 Å². The fraction of sp³-hybridized carbons (Fsp3) is 0.316. The van der Waals surface area contributed by atoms with Crippen LogP contribution in [0.5, 0.6) is 5.75 Å².